The number of hydrogen-bond acceptors (Lipinski definition) is 6. The van der Waals surface area contributed by atoms with Gasteiger partial charge in [-0.3, -0.25) is 14.6 Å². The molecule has 2 heterocycles. The van der Waals surface area contributed by atoms with Crippen LogP contribution in [0.1, 0.15) is 68.3 Å². The number of aliphatic hydroxyl groups is 1. The van der Waals surface area contributed by atoms with Gasteiger partial charge in [0.05, 0.1) is 18.5 Å². The van der Waals surface area contributed by atoms with Crippen molar-refractivity contribution in [1.82, 2.24) is 35.8 Å². The van der Waals surface area contributed by atoms with Crippen LogP contribution < -0.4 is 16.0 Å². The first-order chi connectivity index (χ1) is 22.3. The molecule has 4 amide bonds. The van der Waals surface area contributed by atoms with E-state index < -0.39 is 36.2 Å². The zero-order chi connectivity index (χ0) is 32.7. The van der Waals surface area contributed by atoms with Gasteiger partial charge >= 0.3 is 6.03 Å². The Bertz CT molecular complexity index is 1330. The van der Waals surface area contributed by atoms with Crippen LogP contribution in [0.15, 0.2) is 67.3 Å². The highest BCUT2D eigenvalue weighted by molar-refractivity contribution is 5.92. The van der Waals surface area contributed by atoms with Gasteiger partial charge < -0.3 is 30.9 Å². The minimum atomic E-state index is -0.961. The third-order valence-electron chi connectivity index (χ3n) is 8.68. The maximum atomic E-state index is 14.0. The number of imidazole rings is 1. The lowest BCUT2D eigenvalue weighted by Gasteiger charge is -2.32. The fraction of sp³-hybridized carbons (Fsp3) is 0.514. The van der Waals surface area contributed by atoms with E-state index in [4.69, 9.17) is 0 Å². The first-order valence-corrected chi connectivity index (χ1v) is 16.5. The smallest absolute Gasteiger partial charge is 0.317 e. The first kappa shape index (κ1) is 34.6. The van der Waals surface area contributed by atoms with E-state index >= 15 is 0 Å². The van der Waals surface area contributed by atoms with E-state index in [-0.39, 0.29) is 18.7 Å². The quantitative estimate of drug-likeness (QED) is 0.163. The molecule has 2 aromatic heterocycles. The Kier molecular flexibility index (Phi) is 13.6. The average molecular weight is 632 g/mol. The number of aryl methyl sites for hydroxylation is 1. The van der Waals surface area contributed by atoms with Crippen LogP contribution in [0.2, 0.25) is 0 Å². The molecule has 0 saturated heterocycles. The number of nitrogens with zero attached hydrogens (tertiary/aromatic N) is 3. The number of pyridine rings is 1. The minimum absolute atomic E-state index is 0.170. The van der Waals surface area contributed by atoms with Gasteiger partial charge in [0.1, 0.15) is 12.1 Å². The predicted molar refractivity (Wildman–Crippen MR) is 177 cm³/mol. The van der Waals surface area contributed by atoms with Crippen LogP contribution in [0.4, 0.5) is 4.79 Å². The van der Waals surface area contributed by atoms with Crippen molar-refractivity contribution in [3.63, 3.8) is 0 Å². The summed E-state index contributed by atoms with van der Waals surface area (Å²) in [5.41, 5.74) is 2.52. The Balaban J connectivity index is 1.49. The van der Waals surface area contributed by atoms with E-state index in [1.165, 1.54) is 17.6 Å². The maximum absolute atomic E-state index is 14.0. The number of H-pyrrole nitrogens is 1. The lowest BCUT2D eigenvalue weighted by Crippen LogP contribution is -2.58. The number of carbonyl (C=O) groups is 3. The maximum Gasteiger partial charge on any atom is 0.317 e. The second kappa shape index (κ2) is 18.0. The molecule has 11 nitrogen and oxygen atoms in total. The Labute approximate surface area is 272 Å². The van der Waals surface area contributed by atoms with Crippen molar-refractivity contribution in [3.05, 3.63) is 84.2 Å². The lowest BCUT2D eigenvalue weighted by atomic mass is 9.83. The molecule has 1 aliphatic carbocycles. The molecular formula is C35H49N7O4. The molecule has 4 atom stereocenters. The first-order valence-electron chi connectivity index (χ1n) is 16.5. The van der Waals surface area contributed by atoms with E-state index in [0.29, 0.717) is 24.5 Å². The molecule has 0 unspecified atom stereocenters. The van der Waals surface area contributed by atoms with Gasteiger partial charge in [0.15, 0.2) is 0 Å². The molecule has 0 bridgehead atoms. The third kappa shape index (κ3) is 11.3. The van der Waals surface area contributed by atoms with Gasteiger partial charge in [-0.15, -0.1) is 0 Å². The fourth-order valence-corrected chi connectivity index (χ4v) is 6.05. The van der Waals surface area contributed by atoms with Gasteiger partial charge in [0, 0.05) is 50.7 Å². The lowest BCUT2D eigenvalue weighted by molar-refractivity contribution is -0.130. The molecule has 5 N–H and O–H groups in total. The number of hydrogen-bond donors (Lipinski definition) is 5. The average Bonchev–Trinajstić information content (AvgIpc) is 3.58. The molecule has 3 aromatic rings. The molecule has 0 spiro atoms. The molecule has 1 saturated carbocycles. The molecule has 4 rings (SSSR count). The number of aliphatic hydroxyl groups excluding tert-OH is 1. The SMILES string of the molecule is CN(C)C(=O)N[C@@H](Cc1ccccc1)C(=O)N[C@@H](Cc1cnc[nH]1)C(=O)N[C@@H](CC1CCCCC1)[C@@H](O)CCCc1ccccn1. The number of aromatic nitrogens is 3. The zero-order valence-corrected chi connectivity index (χ0v) is 27.0. The Hall–Kier alpha value is -4.25. The summed E-state index contributed by atoms with van der Waals surface area (Å²) >= 11 is 0. The van der Waals surface area contributed by atoms with Gasteiger partial charge in [-0.25, -0.2) is 9.78 Å². The van der Waals surface area contributed by atoms with Crippen molar-refractivity contribution in [2.45, 2.75) is 94.9 Å². The second-order valence-electron chi connectivity index (χ2n) is 12.6. The van der Waals surface area contributed by atoms with Crippen LogP contribution in [0.5, 0.6) is 0 Å². The van der Waals surface area contributed by atoms with Gasteiger partial charge in [-0.05, 0) is 49.3 Å². The van der Waals surface area contributed by atoms with Crippen LogP contribution >= 0.6 is 0 Å². The van der Waals surface area contributed by atoms with Crippen LogP contribution in [-0.2, 0) is 28.9 Å². The molecule has 46 heavy (non-hydrogen) atoms. The van der Waals surface area contributed by atoms with E-state index in [1.54, 1.807) is 26.5 Å². The highest BCUT2D eigenvalue weighted by atomic mass is 16.3. The van der Waals surface area contributed by atoms with Crippen molar-refractivity contribution in [3.8, 4) is 0 Å². The summed E-state index contributed by atoms with van der Waals surface area (Å²) in [6, 6.07) is 12.5. The van der Waals surface area contributed by atoms with Gasteiger partial charge in [-0.1, -0.05) is 68.5 Å². The topological polar surface area (TPSA) is 152 Å². The number of nitrogens with one attached hydrogen (secondary N) is 4. The Morgan fingerprint density at radius 1 is 0.935 bits per heavy atom. The van der Waals surface area contributed by atoms with Gasteiger partial charge in [-0.2, -0.15) is 0 Å². The van der Waals surface area contributed by atoms with Gasteiger partial charge in [0.2, 0.25) is 11.8 Å². The zero-order valence-electron chi connectivity index (χ0n) is 27.0. The number of carbonyl (C=O) groups excluding carboxylic acids is 3. The summed E-state index contributed by atoms with van der Waals surface area (Å²) in [5.74, 6) is -0.440. The van der Waals surface area contributed by atoms with E-state index in [0.717, 1.165) is 49.8 Å². The molecule has 0 aliphatic heterocycles. The van der Waals surface area contributed by atoms with Crippen LogP contribution in [0, 0.1) is 5.92 Å². The number of amides is 4. The van der Waals surface area contributed by atoms with Crippen LogP contribution in [0.25, 0.3) is 0 Å². The van der Waals surface area contributed by atoms with E-state index in [9.17, 15) is 19.5 Å². The summed E-state index contributed by atoms with van der Waals surface area (Å²) in [5, 5.41) is 20.2. The predicted octanol–water partition coefficient (Wildman–Crippen LogP) is 3.55. The molecule has 1 aliphatic rings. The van der Waals surface area contributed by atoms with Crippen molar-refractivity contribution < 1.29 is 19.5 Å². The number of aromatic amines is 1. The summed E-state index contributed by atoms with van der Waals surface area (Å²) in [6.45, 7) is 0. The van der Waals surface area contributed by atoms with Crippen LogP contribution in [-0.4, -0.2) is 81.1 Å². The highest BCUT2D eigenvalue weighted by Gasteiger charge is 2.32. The van der Waals surface area contributed by atoms with Gasteiger partial charge in [0.25, 0.3) is 0 Å². The Morgan fingerprint density at radius 2 is 1.65 bits per heavy atom. The monoisotopic (exact) mass is 631 g/mol. The summed E-state index contributed by atoms with van der Waals surface area (Å²) < 4.78 is 0. The van der Waals surface area contributed by atoms with Crippen molar-refractivity contribution in [2.75, 3.05) is 14.1 Å². The largest absolute Gasteiger partial charge is 0.391 e. The Morgan fingerprint density at radius 3 is 2.33 bits per heavy atom. The van der Waals surface area contributed by atoms with Crippen LogP contribution in [0.3, 0.4) is 0 Å². The van der Waals surface area contributed by atoms with E-state index in [2.05, 4.69) is 30.9 Å². The molecule has 11 heteroatoms. The number of urea groups is 1. The molecular weight excluding hydrogens is 582 g/mol. The number of rotatable bonds is 16. The summed E-state index contributed by atoms with van der Waals surface area (Å²) in [4.78, 5) is 53.2. The summed E-state index contributed by atoms with van der Waals surface area (Å²) in [6.07, 6.45) is 12.9. The van der Waals surface area contributed by atoms with Crippen molar-refractivity contribution >= 4 is 17.8 Å². The molecule has 248 valence electrons. The third-order valence-corrected chi connectivity index (χ3v) is 8.68. The standard InChI is InChI=1S/C35H49N7O4/c1-42(2)35(46)41-30(21-26-14-7-4-8-15-26)33(44)40-31(22-28-23-36-24-38-28)34(45)39-29(20-25-12-5-3-6-13-25)32(43)18-11-17-27-16-9-10-19-37-27/h4,7-10,14-16,19,23-25,29-32,43H,3,5-6,11-13,17-18,20-22H2,1-2H3,(H,36,38)(H,39,45)(H,40,44)(H,41,46)/t29-,30-,31-,32-/m0/s1. The molecule has 1 fully saturated rings. The molecule has 0 radical (unpaired) electrons. The molecule has 1 aromatic carbocycles. The normalized spacial score (nSPS) is 16.1. The number of benzene rings is 1. The summed E-state index contributed by atoms with van der Waals surface area (Å²) in [7, 11) is 3.21. The minimum Gasteiger partial charge on any atom is -0.391 e. The van der Waals surface area contributed by atoms with E-state index in [1.807, 2.05) is 48.5 Å². The second-order valence-corrected chi connectivity index (χ2v) is 12.6. The fourth-order valence-electron chi connectivity index (χ4n) is 6.05. The van der Waals surface area contributed by atoms with Crippen molar-refractivity contribution in [2.24, 2.45) is 5.92 Å². The highest BCUT2D eigenvalue weighted by Crippen LogP contribution is 2.28. The van der Waals surface area contributed by atoms with Crippen molar-refractivity contribution in [1.29, 1.82) is 0 Å².